The molecule has 5 nitrogen and oxygen atoms in total. The highest BCUT2D eigenvalue weighted by Crippen LogP contribution is 2.42. The van der Waals surface area contributed by atoms with Crippen LogP contribution in [0.3, 0.4) is 0 Å². The minimum atomic E-state index is -0.368. The number of nitro groups is 1. The first-order valence-electron chi connectivity index (χ1n) is 7.13. The number of nitrogens with zero attached hydrogens (tertiary/aromatic N) is 1. The number of non-ortho nitro benzene ring substituents is 1. The Kier molecular flexibility index (Phi) is 5.01. The second-order valence-corrected chi connectivity index (χ2v) is 6.93. The van der Waals surface area contributed by atoms with Crippen molar-refractivity contribution in [3.63, 3.8) is 0 Å². The highest BCUT2D eigenvalue weighted by Gasteiger charge is 2.48. The Balaban J connectivity index is 1.97. The van der Waals surface area contributed by atoms with Crippen LogP contribution in [0, 0.1) is 15.5 Å². The van der Waals surface area contributed by atoms with Crippen LogP contribution in [-0.4, -0.2) is 23.7 Å². The van der Waals surface area contributed by atoms with Crippen molar-refractivity contribution in [2.75, 3.05) is 6.61 Å². The van der Waals surface area contributed by atoms with Gasteiger partial charge in [-0.25, -0.2) is 0 Å². The van der Waals surface area contributed by atoms with Gasteiger partial charge in [0.2, 0.25) is 0 Å². The predicted molar refractivity (Wildman–Crippen MR) is 85.2 cm³/mol. The number of halogens is 1. The van der Waals surface area contributed by atoms with Crippen LogP contribution in [0.15, 0.2) is 22.7 Å². The molecule has 1 aliphatic carbocycles. The molecule has 2 atom stereocenters. The van der Waals surface area contributed by atoms with Gasteiger partial charge in [0.05, 0.1) is 11.0 Å². The topological polar surface area (TPSA) is 64.4 Å². The number of hydrogen-bond donors (Lipinski definition) is 1. The quantitative estimate of drug-likeness (QED) is 0.624. The summed E-state index contributed by atoms with van der Waals surface area (Å²) in [6, 6.07) is 5.41. The van der Waals surface area contributed by atoms with Crippen LogP contribution < -0.4 is 5.32 Å². The summed E-state index contributed by atoms with van der Waals surface area (Å²) in [5.74, 6) is 0. The van der Waals surface area contributed by atoms with Gasteiger partial charge in [0.15, 0.2) is 0 Å². The van der Waals surface area contributed by atoms with E-state index < -0.39 is 0 Å². The molecule has 0 aromatic heterocycles. The molecule has 0 spiro atoms. The normalized spacial score (nSPS) is 23.6. The highest BCUT2D eigenvalue weighted by atomic mass is 79.9. The van der Waals surface area contributed by atoms with Gasteiger partial charge in [-0.15, -0.1) is 0 Å². The summed E-state index contributed by atoms with van der Waals surface area (Å²) in [7, 11) is 0. The molecule has 2 unspecified atom stereocenters. The fourth-order valence-electron chi connectivity index (χ4n) is 2.80. The Hall–Kier alpha value is -0.980. The maximum Gasteiger partial charge on any atom is 0.270 e. The number of benzene rings is 1. The van der Waals surface area contributed by atoms with E-state index in [9.17, 15) is 10.1 Å². The molecule has 2 rings (SSSR count). The zero-order valence-electron chi connectivity index (χ0n) is 12.6. The smallest absolute Gasteiger partial charge is 0.270 e. The molecule has 0 heterocycles. The molecule has 6 heteroatoms. The third kappa shape index (κ3) is 3.62. The van der Waals surface area contributed by atoms with Crippen LogP contribution in [0.2, 0.25) is 0 Å². The molecule has 1 saturated carbocycles. The molecular formula is C15H21BrN2O3. The number of nitrogens with one attached hydrogen (secondary N) is 1. The number of ether oxygens (including phenoxy) is 1. The summed E-state index contributed by atoms with van der Waals surface area (Å²) in [6.45, 7) is 7.75. The summed E-state index contributed by atoms with van der Waals surface area (Å²) in [6.07, 6.45) is 1.27. The van der Waals surface area contributed by atoms with E-state index in [4.69, 9.17) is 4.74 Å². The van der Waals surface area contributed by atoms with E-state index in [2.05, 4.69) is 35.1 Å². The number of rotatable bonds is 6. The van der Waals surface area contributed by atoms with Crippen molar-refractivity contribution >= 4 is 21.6 Å². The lowest BCUT2D eigenvalue weighted by Gasteiger charge is -2.52. The van der Waals surface area contributed by atoms with Gasteiger partial charge in [0, 0.05) is 41.2 Å². The molecule has 0 aliphatic heterocycles. The minimum Gasteiger partial charge on any atom is -0.378 e. The Morgan fingerprint density at radius 3 is 2.76 bits per heavy atom. The van der Waals surface area contributed by atoms with E-state index in [0.717, 1.165) is 23.1 Å². The molecule has 1 aromatic carbocycles. The molecular weight excluding hydrogens is 336 g/mol. The van der Waals surface area contributed by atoms with Gasteiger partial charge in [-0.05, 0) is 25.0 Å². The van der Waals surface area contributed by atoms with Crippen molar-refractivity contribution in [3.8, 4) is 0 Å². The molecule has 0 saturated heterocycles. The molecule has 0 bridgehead atoms. The fraction of sp³-hybridized carbons (Fsp3) is 0.600. The van der Waals surface area contributed by atoms with Crippen molar-refractivity contribution in [1.29, 1.82) is 0 Å². The average molecular weight is 357 g/mol. The molecule has 1 N–H and O–H groups in total. The SMILES string of the molecule is CCOC1CC(NCc2cc(Br)cc([N+](=O)[O-])c2)C1(C)C. The summed E-state index contributed by atoms with van der Waals surface area (Å²) in [4.78, 5) is 10.5. The first-order chi connectivity index (χ1) is 9.84. The van der Waals surface area contributed by atoms with Crippen molar-refractivity contribution < 1.29 is 9.66 Å². The lowest BCUT2D eigenvalue weighted by atomic mass is 9.64. The van der Waals surface area contributed by atoms with Crippen LogP contribution in [0.25, 0.3) is 0 Å². The molecule has 0 amide bonds. The summed E-state index contributed by atoms with van der Waals surface area (Å²) < 4.78 is 6.44. The van der Waals surface area contributed by atoms with Crippen LogP contribution in [0.5, 0.6) is 0 Å². The van der Waals surface area contributed by atoms with Crippen LogP contribution in [0.4, 0.5) is 5.69 Å². The minimum absolute atomic E-state index is 0.0912. The second kappa shape index (κ2) is 6.42. The third-order valence-corrected chi connectivity index (χ3v) is 4.71. The molecule has 1 aromatic rings. The van der Waals surface area contributed by atoms with Gasteiger partial charge < -0.3 is 10.1 Å². The first kappa shape index (κ1) is 16.4. The van der Waals surface area contributed by atoms with Crippen LogP contribution >= 0.6 is 15.9 Å². The maximum atomic E-state index is 10.9. The zero-order chi connectivity index (χ0) is 15.6. The molecule has 1 aliphatic rings. The van der Waals surface area contributed by atoms with E-state index in [1.54, 1.807) is 6.07 Å². The van der Waals surface area contributed by atoms with Crippen molar-refractivity contribution in [3.05, 3.63) is 38.3 Å². The lowest BCUT2D eigenvalue weighted by Crippen LogP contribution is -2.60. The largest absolute Gasteiger partial charge is 0.378 e. The van der Waals surface area contributed by atoms with Crippen molar-refractivity contribution in [2.24, 2.45) is 5.41 Å². The molecule has 0 radical (unpaired) electrons. The Labute approximate surface area is 133 Å². The van der Waals surface area contributed by atoms with Gasteiger partial charge in [-0.3, -0.25) is 10.1 Å². The Bertz CT molecular complexity index is 534. The molecule has 1 fully saturated rings. The summed E-state index contributed by atoms with van der Waals surface area (Å²) in [5.41, 5.74) is 1.11. The van der Waals surface area contributed by atoms with E-state index in [1.807, 2.05) is 13.0 Å². The summed E-state index contributed by atoms with van der Waals surface area (Å²) >= 11 is 3.32. The average Bonchev–Trinajstić information content (AvgIpc) is 2.41. The fourth-order valence-corrected chi connectivity index (χ4v) is 3.33. The molecule has 21 heavy (non-hydrogen) atoms. The van der Waals surface area contributed by atoms with E-state index in [-0.39, 0.29) is 22.1 Å². The highest BCUT2D eigenvalue weighted by molar-refractivity contribution is 9.10. The van der Waals surface area contributed by atoms with E-state index in [0.29, 0.717) is 12.6 Å². The van der Waals surface area contributed by atoms with E-state index in [1.165, 1.54) is 6.07 Å². The first-order valence-corrected chi connectivity index (χ1v) is 7.92. The predicted octanol–water partition coefficient (Wildman–Crippen LogP) is 3.65. The van der Waals surface area contributed by atoms with Gasteiger partial charge >= 0.3 is 0 Å². The van der Waals surface area contributed by atoms with Crippen LogP contribution in [0.1, 0.15) is 32.8 Å². The third-order valence-electron chi connectivity index (χ3n) is 4.25. The van der Waals surface area contributed by atoms with Crippen LogP contribution in [-0.2, 0) is 11.3 Å². The Morgan fingerprint density at radius 1 is 1.48 bits per heavy atom. The zero-order valence-corrected chi connectivity index (χ0v) is 14.1. The second-order valence-electron chi connectivity index (χ2n) is 6.01. The lowest BCUT2D eigenvalue weighted by molar-refractivity contribution is -0.385. The van der Waals surface area contributed by atoms with Gasteiger partial charge in [0.1, 0.15) is 0 Å². The molecule has 116 valence electrons. The monoisotopic (exact) mass is 356 g/mol. The number of hydrogen-bond acceptors (Lipinski definition) is 4. The number of nitro benzene ring substituents is 1. The Morgan fingerprint density at radius 2 is 2.19 bits per heavy atom. The van der Waals surface area contributed by atoms with Gasteiger partial charge in [-0.1, -0.05) is 29.8 Å². The summed E-state index contributed by atoms with van der Waals surface area (Å²) in [5, 5.41) is 14.4. The van der Waals surface area contributed by atoms with Gasteiger partial charge in [-0.2, -0.15) is 0 Å². The van der Waals surface area contributed by atoms with Crippen molar-refractivity contribution in [1.82, 2.24) is 5.32 Å². The van der Waals surface area contributed by atoms with Crippen molar-refractivity contribution in [2.45, 2.75) is 45.9 Å². The standard InChI is InChI=1S/C15H21BrN2O3/c1-4-21-14-8-13(15(14,2)3)17-9-10-5-11(16)7-12(6-10)18(19)20/h5-7,13-14,17H,4,8-9H2,1-3H3. The maximum absolute atomic E-state index is 10.9. The van der Waals surface area contributed by atoms with E-state index >= 15 is 0 Å². The van der Waals surface area contributed by atoms with Gasteiger partial charge in [0.25, 0.3) is 5.69 Å².